The monoisotopic (exact) mass is 583 g/mol. The summed E-state index contributed by atoms with van der Waals surface area (Å²) in [5.41, 5.74) is 9.53. The van der Waals surface area contributed by atoms with Gasteiger partial charge in [-0.1, -0.05) is 41.6 Å². The third kappa shape index (κ3) is 5.73. The minimum Gasteiger partial charge on any atom is -0.493 e. The fourth-order valence-corrected chi connectivity index (χ4v) is 4.03. The smallest absolute Gasteiger partial charge is 0.344 e. The first-order valence-corrected chi connectivity index (χ1v) is 12.4. The SMILES string of the molecule is COc1cc(/C=N/NC(=O)c2c(-c3ccccc3)nnn2-c2nonc2N)ccc1OC(=O)c1cccc([N+](=O)[O-])c1C. The number of hydrogen-bond donors (Lipinski definition) is 2. The Morgan fingerprint density at radius 3 is 2.58 bits per heavy atom. The number of amides is 1. The van der Waals surface area contributed by atoms with Crippen molar-refractivity contribution in [2.24, 2.45) is 5.10 Å². The van der Waals surface area contributed by atoms with Gasteiger partial charge in [0, 0.05) is 17.2 Å². The second kappa shape index (κ2) is 12.0. The minimum absolute atomic E-state index is 0.0259. The number of hydrogen-bond acceptors (Lipinski definition) is 13. The largest absolute Gasteiger partial charge is 0.493 e. The van der Waals surface area contributed by atoms with Gasteiger partial charge in [0.1, 0.15) is 5.69 Å². The van der Waals surface area contributed by atoms with E-state index in [1.165, 1.54) is 50.6 Å². The number of anilines is 1. The number of hydrazone groups is 1. The highest BCUT2D eigenvalue weighted by molar-refractivity contribution is 5.99. The Kier molecular flexibility index (Phi) is 7.82. The summed E-state index contributed by atoms with van der Waals surface area (Å²) in [7, 11) is 1.37. The molecule has 2 heterocycles. The highest BCUT2D eigenvalue weighted by Crippen LogP contribution is 2.30. The molecule has 0 fully saturated rings. The van der Waals surface area contributed by atoms with E-state index in [2.05, 4.69) is 35.8 Å². The summed E-state index contributed by atoms with van der Waals surface area (Å²) in [6.07, 6.45) is 1.33. The normalized spacial score (nSPS) is 10.9. The van der Waals surface area contributed by atoms with Crippen LogP contribution in [0.2, 0.25) is 0 Å². The minimum atomic E-state index is -0.796. The first-order valence-electron chi connectivity index (χ1n) is 12.4. The summed E-state index contributed by atoms with van der Waals surface area (Å²) < 4.78 is 16.5. The van der Waals surface area contributed by atoms with E-state index in [0.717, 1.165) is 4.68 Å². The quantitative estimate of drug-likeness (QED) is 0.0841. The molecule has 3 aromatic carbocycles. The molecule has 3 N–H and O–H groups in total. The van der Waals surface area contributed by atoms with Crippen LogP contribution in [0.1, 0.15) is 32.0 Å². The fraction of sp³-hybridized carbons (Fsp3) is 0.0741. The summed E-state index contributed by atoms with van der Waals surface area (Å²) in [6, 6.07) is 17.5. The maximum absolute atomic E-state index is 13.3. The van der Waals surface area contributed by atoms with Crippen molar-refractivity contribution >= 4 is 29.6 Å². The van der Waals surface area contributed by atoms with Gasteiger partial charge in [-0.05, 0) is 47.1 Å². The Balaban J connectivity index is 1.36. The molecule has 5 aromatic rings. The van der Waals surface area contributed by atoms with E-state index in [1.54, 1.807) is 30.3 Å². The van der Waals surface area contributed by atoms with Crippen molar-refractivity contribution in [2.75, 3.05) is 12.8 Å². The van der Waals surface area contributed by atoms with E-state index >= 15 is 0 Å². The van der Waals surface area contributed by atoms with Crippen molar-refractivity contribution in [1.29, 1.82) is 0 Å². The van der Waals surface area contributed by atoms with Gasteiger partial charge in [-0.2, -0.15) is 9.78 Å². The number of nitro benzene ring substituents is 1. The van der Waals surface area contributed by atoms with Gasteiger partial charge >= 0.3 is 5.97 Å². The van der Waals surface area contributed by atoms with Crippen molar-refractivity contribution in [3.05, 3.63) is 99.2 Å². The maximum Gasteiger partial charge on any atom is 0.344 e. The highest BCUT2D eigenvalue weighted by atomic mass is 16.6. The molecule has 0 aliphatic heterocycles. The van der Waals surface area contributed by atoms with Crippen LogP contribution in [0.15, 0.2) is 76.5 Å². The molecule has 43 heavy (non-hydrogen) atoms. The van der Waals surface area contributed by atoms with Gasteiger partial charge in [0.2, 0.25) is 11.6 Å². The molecule has 216 valence electrons. The zero-order valence-electron chi connectivity index (χ0n) is 22.5. The molecule has 0 spiro atoms. The molecule has 0 saturated carbocycles. The van der Waals surface area contributed by atoms with Crippen molar-refractivity contribution in [1.82, 2.24) is 30.7 Å². The van der Waals surface area contributed by atoms with Crippen LogP contribution >= 0.6 is 0 Å². The van der Waals surface area contributed by atoms with Crippen LogP contribution in [0.25, 0.3) is 17.1 Å². The summed E-state index contributed by atoms with van der Waals surface area (Å²) in [4.78, 5) is 36.7. The average molecular weight is 584 g/mol. The number of nitrogens with one attached hydrogen (secondary N) is 1. The van der Waals surface area contributed by atoms with Crippen molar-refractivity contribution in [3.8, 4) is 28.6 Å². The standard InChI is InChI=1S/C27H21N9O7/c1-15-18(9-6-10-19(15)36(39)40)27(38)42-20-12-11-16(13-21(20)41-2)14-29-31-26(37)23-22(17-7-4-3-5-8-17)30-34-35(23)25-24(28)32-43-33-25/h3-14H,1-2H3,(H2,28,32)(H,31,37)/b29-14+. The Hall–Kier alpha value is -6.45. The second-order valence-corrected chi connectivity index (χ2v) is 8.74. The lowest BCUT2D eigenvalue weighted by Crippen LogP contribution is -2.22. The van der Waals surface area contributed by atoms with E-state index in [4.69, 9.17) is 15.2 Å². The lowest BCUT2D eigenvalue weighted by Gasteiger charge is -2.11. The Morgan fingerprint density at radius 1 is 1.09 bits per heavy atom. The molecule has 0 aliphatic rings. The third-order valence-corrected chi connectivity index (χ3v) is 6.12. The van der Waals surface area contributed by atoms with E-state index in [1.807, 2.05) is 6.07 Å². The molecule has 0 radical (unpaired) electrons. The molecule has 16 heteroatoms. The molecule has 1 amide bonds. The predicted molar refractivity (Wildman–Crippen MR) is 150 cm³/mol. The number of rotatable bonds is 9. The van der Waals surface area contributed by atoms with Gasteiger partial charge < -0.3 is 15.2 Å². The first kappa shape index (κ1) is 28.1. The molecule has 16 nitrogen and oxygen atoms in total. The number of nitrogens with two attached hydrogens (primary N) is 1. The molecule has 0 aliphatic carbocycles. The lowest BCUT2D eigenvalue weighted by atomic mass is 10.1. The Morgan fingerprint density at radius 2 is 1.88 bits per heavy atom. The number of esters is 1. The summed E-state index contributed by atoms with van der Waals surface area (Å²) in [5.74, 6) is -1.37. The summed E-state index contributed by atoms with van der Waals surface area (Å²) >= 11 is 0. The van der Waals surface area contributed by atoms with Crippen molar-refractivity contribution < 1.29 is 28.6 Å². The van der Waals surface area contributed by atoms with Crippen LogP contribution in [0.3, 0.4) is 0 Å². The Bertz CT molecular complexity index is 1870. The predicted octanol–water partition coefficient (Wildman–Crippen LogP) is 3.11. The van der Waals surface area contributed by atoms with Crippen LogP contribution in [0.5, 0.6) is 11.5 Å². The molecule has 0 bridgehead atoms. The van der Waals surface area contributed by atoms with Gasteiger partial charge in [-0.15, -0.1) is 5.10 Å². The summed E-state index contributed by atoms with van der Waals surface area (Å²) in [5, 5.41) is 30.6. The van der Waals surface area contributed by atoms with Crippen LogP contribution < -0.4 is 20.6 Å². The van der Waals surface area contributed by atoms with E-state index in [9.17, 15) is 19.7 Å². The molecule has 5 rings (SSSR count). The molecular weight excluding hydrogens is 562 g/mol. The molecule has 0 saturated heterocycles. The number of benzene rings is 3. The maximum atomic E-state index is 13.3. The lowest BCUT2D eigenvalue weighted by molar-refractivity contribution is -0.385. The fourth-order valence-electron chi connectivity index (χ4n) is 4.03. The number of nitrogen functional groups attached to an aromatic ring is 1. The van der Waals surface area contributed by atoms with Gasteiger partial charge in [0.05, 0.1) is 23.8 Å². The zero-order chi connectivity index (χ0) is 30.5. The van der Waals surface area contributed by atoms with Crippen LogP contribution in [0.4, 0.5) is 11.5 Å². The Labute approximate surface area is 241 Å². The second-order valence-electron chi connectivity index (χ2n) is 8.74. The average Bonchev–Trinajstić information content (AvgIpc) is 3.64. The van der Waals surface area contributed by atoms with Gasteiger partial charge in [-0.3, -0.25) is 14.9 Å². The topological polar surface area (TPSA) is 216 Å². The summed E-state index contributed by atoms with van der Waals surface area (Å²) in [6.45, 7) is 1.46. The van der Waals surface area contributed by atoms with E-state index < -0.39 is 16.8 Å². The number of carbonyl (C=O) groups excluding carboxylic acids is 2. The molecule has 0 unspecified atom stereocenters. The van der Waals surface area contributed by atoms with Gasteiger partial charge in [0.15, 0.2) is 17.2 Å². The highest BCUT2D eigenvalue weighted by Gasteiger charge is 2.26. The number of aromatic nitrogens is 5. The molecule has 2 aromatic heterocycles. The van der Waals surface area contributed by atoms with Crippen LogP contribution in [0, 0.1) is 17.0 Å². The van der Waals surface area contributed by atoms with Crippen LogP contribution in [-0.4, -0.2) is 55.4 Å². The zero-order valence-corrected chi connectivity index (χ0v) is 22.5. The van der Waals surface area contributed by atoms with E-state index in [0.29, 0.717) is 11.1 Å². The number of nitrogens with zero attached hydrogens (tertiary/aromatic N) is 7. The number of carbonyl (C=O) groups is 2. The van der Waals surface area contributed by atoms with Crippen LogP contribution in [-0.2, 0) is 0 Å². The third-order valence-electron chi connectivity index (χ3n) is 6.12. The number of ether oxygens (including phenoxy) is 2. The molecule has 0 atom stereocenters. The van der Waals surface area contributed by atoms with Gasteiger partial charge in [-0.25, -0.2) is 14.8 Å². The number of methoxy groups -OCH3 is 1. The van der Waals surface area contributed by atoms with Crippen molar-refractivity contribution in [2.45, 2.75) is 6.92 Å². The van der Waals surface area contributed by atoms with Crippen molar-refractivity contribution in [3.63, 3.8) is 0 Å². The van der Waals surface area contributed by atoms with Gasteiger partial charge in [0.25, 0.3) is 11.6 Å². The molecular formula is C27H21N9O7. The van der Waals surface area contributed by atoms with E-state index in [-0.39, 0.29) is 51.3 Å². The number of nitro groups is 1. The first-order chi connectivity index (χ1) is 20.8.